The van der Waals surface area contributed by atoms with E-state index in [1.54, 1.807) is 11.8 Å². The molecular formula is C16H23N3S. The molecule has 1 aliphatic rings. The van der Waals surface area contributed by atoms with Crippen molar-refractivity contribution in [1.82, 2.24) is 4.90 Å². The molecule has 0 amide bonds. The van der Waals surface area contributed by atoms with Crippen LogP contribution in [0.25, 0.3) is 0 Å². The largest absolute Gasteiger partial charge is 0.384 e. The van der Waals surface area contributed by atoms with Crippen LogP contribution in [0.1, 0.15) is 25.3 Å². The summed E-state index contributed by atoms with van der Waals surface area (Å²) in [5, 5.41) is 12.9. The molecule has 1 aromatic carbocycles. The minimum Gasteiger partial charge on any atom is -0.384 e. The maximum absolute atomic E-state index is 9.39. The van der Waals surface area contributed by atoms with Crippen LogP contribution in [-0.2, 0) is 0 Å². The Morgan fingerprint density at radius 1 is 1.40 bits per heavy atom. The Hall–Kier alpha value is -1.18. The van der Waals surface area contributed by atoms with Gasteiger partial charge in [-0.3, -0.25) is 0 Å². The molecule has 0 aliphatic carbocycles. The van der Waals surface area contributed by atoms with Crippen LogP contribution in [0.15, 0.2) is 23.1 Å². The first-order valence-corrected chi connectivity index (χ1v) is 8.31. The smallest absolute Gasteiger partial charge is 0.102 e. The van der Waals surface area contributed by atoms with Crippen molar-refractivity contribution in [3.05, 3.63) is 23.8 Å². The summed E-state index contributed by atoms with van der Waals surface area (Å²) < 4.78 is 0. The highest BCUT2D eigenvalue weighted by atomic mass is 32.2. The fraction of sp³-hybridized carbons (Fsp3) is 0.562. The molecule has 1 saturated heterocycles. The van der Waals surface area contributed by atoms with Gasteiger partial charge in [-0.2, -0.15) is 5.26 Å². The Bertz CT molecular complexity index is 473. The zero-order chi connectivity index (χ0) is 14.4. The third-order valence-electron chi connectivity index (χ3n) is 3.86. The van der Waals surface area contributed by atoms with Crippen LogP contribution in [0.3, 0.4) is 0 Å². The minimum atomic E-state index is 0.722. The molecule has 0 bridgehead atoms. The van der Waals surface area contributed by atoms with Crippen molar-refractivity contribution in [3.63, 3.8) is 0 Å². The van der Waals surface area contributed by atoms with E-state index in [0.717, 1.165) is 34.4 Å². The molecule has 0 atom stereocenters. The van der Waals surface area contributed by atoms with E-state index in [9.17, 15) is 5.26 Å². The van der Waals surface area contributed by atoms with E-state index in [-0.39, 0.29) is 0 Å². The number of thioether (sulfide) groups is 1. The number of likely N-dealkylation sites (tertiary alicyclic amines) is 1. The SMILES string of the molecule is CCSc1cccc(NCC2CCN(C)CC2)c1C#N. The highest BCUT2D eigenvalue weighted by Crippen LogP contribution is 2.28. The zero-order valence-corrected chi connectivity index (χ0v) is 13.2. The van der Waals surface area contributed by atoms with E-state index in [1.807, 2.05) is 18.2 Å². The quantitative estimate of drug-likeness (QED) is 0.843. The summed E-state index contributed by atoms with van der Waals surface area (Å²) in [6.07, 6.45) is 2.49. The average molecular weight is 289 g/mol. The number of benzene rings is 1. The maximum Gasteiger partial charge on any atom is 0.102 e. The minimum absolute atomic E-state index is 0.722. The van der Waals surface area contributed by atoms with Crippen LogP contribution < -0.4 is 5.32 Å². The van der Waals surface area contributed by atoms with Gasteiger partial charge in [-0.25, -0.2) is 0 Å². The number of anilines is 1. The first-order valence-electron chi connectivity index (χ1n) is 7.33. The summed E-state index contributed by atoms with van der Waals surface area (Å²) in [5.74, 6) is 1.72. The summed E-state index contributed by atoms with van der Waals surface area (Å²) in [4.78, 5) is 3.47. The van der Waals surface area contributed by atoms with Gasteiger partial charge in [0.1, 0.15) is 6.07 Å². The van der Waals surface area contributed by atoms with Gasteiger partial charge < -0.3 is 10.2 Å². The predicted octanol–water partition coefficient (Wildman–Crippen LogP) is 3.42. The van der Waals surface area contributed by atoms with Crippen LogP contribution >= 0.6 is 11.8 Å². The van der Waals surface area contributed by atoms with Gasteiger partial charge in [0.2, 0.25) is 0 Å². The maximum atomic E-state index is 9.39. The first-order chi connectivity index (χ1) is 9.74. The summed E-state index contributed by atoms with van der Waals surface area (Å²) in [5.41, 5.74) is 1.79. The Kier molecular flexibility index (Phi) is 5.75. The van der Waals surface area contributed by atoms with Crippen LogP contribution in [0, 0.1) is 17.2 Å². The summed E-state index contributed by atoms with van der Waals surface area (Å²) in [6, 6.07) is 8.45. The second-order valence-corrected chi connectivity index (χ2v) is 6.66. The normalized spacial score (nSPS) is 16.9. The molecule has 0 unspecified atom stereocenters. The average Bonchev–Trinajstić information content (AvgIpc) is 2.47. The molecule has 20 heavy (non-hydrogen) atoms. The van der Waals surface area contributed by atoms with Gasteiger partial charge in [0, 0.05) is 11.4 Å². The van der Waals surface area contributed by atoms with Crippen molar-refractivity contribution in [1.29, 1.82) is 5.26 Å². The lowest BCUT2D eigenvalue weighted by Crippen LogP contribution is -2.33. The fourth-order valence-corrected chi connectivity index (χ4v) is 3.38. The van der Waals surface area contributed by atoms with Crippen molar-refractivity contribution < 1.29 is 0 Å². The molecule has 2 rings (SSSR count). The summed E-state index contributed by atoms with van der Waals surface area (Å²) in [6.45, 7) is 5.46. The van der Waals surface area contributed by atoms with Crippen molar-refractivity contribution >= 4 is 17.4 Å². The van der Waals surface area contributed by atoms with Crippen LogP contribution in [-0.4, -0.2) is 37.3 Å². The molecule has 0 spiro atoms. The highest BCUT2D eigenvalue weighted by Gasteiger charge is 2.17. The molecular weight excluding hydrogens is 266 g/mol. The summed E-state index contributed by atoms with van der Waals surface area (Å²) >= 11 is 1.73. The molecule has 0 aromatic heterocycles. The van der Waals surface area contributed by atoms with Gasteiger partial charge in [-0.05, 0) is 56.8 Å². The Labute approximate surface area is 126 Å². The van der Waals surface area contributed by atoms with E-state index in [2.05, 4.69) is 30.3 Å². The predicted molar refractivity (Wildman–Crippen MR) is 86.3 cm³/mol. The Morgan fingerprint density at radius 3 is 2.80 bits per heavy atom. The molecule has 1 fully saturated rings. The molecule has 3 nitrogen and oxygen atoms in total. The van der Waals surface area contributed by atoms with E-state index < -0.39 is 0 Å². The molecule has 1 N–H and O–H groups in total. The number of rotatable bonds is 5. The number of hydrogen-bond donors (Lipinski definition) is 1. The van der Waals surface area contributed by atoms with Crippen LogP contribution in [0.2, 0.25) is 0 Å². The van der Waals surface area contributed by atoms with Crippen molar-refractivity contribution in [3.8, 4) is 6.07 Å². The molecule has 1 heterocycles. The monoisotopic (exact) mass is 289 g/mol. The lowest BCUT2D eigenvalue weighted by Gasteiger charge is -2.29. The third kappa shape index (κ3) is 3.91. The van der Waals surface area contributed by atoms with Crippen LogP contribution in [0.5, 0.6) is 0 Å². The first kappa shape index (κ1) is 15.2. The van der Waals surface area contributed by atoms with Gasteiger partial charge in [-0.1, -0.05) is 13.0 Å². The van der Waals surface area contributed by atoms with E-state index in [4.69, 9.17) is 0 Å². The van der Waals surface area contributed by atoms with Gasteiger partial charge in [0.15, 0.2) is 0 Å². The molecule has 108 valence electrons. The van der Waals surface area contributed by atoms with Gasteiger partial charge in [0.25, 0.3) is 0 Å². The van der Waals surface area contributed by atoms with Crippen LogP contribution in [0.4, 0.5) is 5.69 Å². The second kappa shape index (κ2) is 7.56. The van der Waals surface area contributed by atoms with Gasteiger partial charge in [-0.15, -0.1) is 11.8 Å². The molecule has 1 aromatic rings. The number of nitrogens with one attached hydrogen (secondary N) is 1. The lowest BCUT2D eigenvalue weighted by molar-refractivity contribution is 0.226. The second-order valence-electron chi connectivity index (χ2n) is 5.35. The number of hydrogen-bond acceptors (Lipinski definition) is 4. The Morgan fingerprint density at radius 2 is 2.15 bits per heavy atom. The van der Waals surface area contributed by atoms with E-state index >= 15 is 0 Å². The zero-order valence-electron chi connectivity index (χ0n) is 12.4. The van der Waals surface area contributed by atoms with Gasteiger partial charge >= 0.3 is 0 Å². The molecule has 1 aliphatic heterocycles. The number of nitriles is 1. The third-order valence-corrected chi connectivity index (χ3v) is 4.80. The van der Waals surface area contributed by atoms with Gasteiger partial charge in [0.05, 0.1) is 11.3 Å². The molecule has 0 saturated carbocycles. The van der Waals surface area contributed by atoms with Crippen molar-refractivity contribution in [2.75, 3.05) is 37.8 Å². The summed E-state index contributed by atoms with van der Waals surface area (Å²) in [7, 11) is 2.18. The van der Waals surface area contributed by atoms with E-state index in [0.29, 0.717) is 0 Å². The Balaban J connectivity index is 1.99. The lowest BCUT2D eigenvalue weighted by atomic mass is 9.97. The highest BCUT2D eigenvalue weighted by molar-refractivity contribution is 7.99. The number of piperidine rings is 1. The molecule has 0 radical (unpaired) electrons. The molecule has 4 heteroatoms. The van der Waals surface area contributed by atoms with Crippen molar-refractivity contribution in [2.45, 2.75) is 24.7 Å². The standard InChI is InChI=1S/C16H23N3S/c1-3-20-16-6-4-5-15(14(16)11-17)18-12-13-7-9-19(2)10-8-13/h4-6,13,18H,3,7-10,12H2,1-2H3. The number of nitrogens with zero attached hydrogens (tertiary/aromatic N) is 2. The fourth-order valence-electron chi connectivity index (χ4n) is 2.59. The topological polar surface area (TPSA) is 39.1 Å². The van der Waals surface area contributed by atoms with Crippen molar-refractivity contribution in [2.24, 2.45) is 5.92 Å². The van der Waals surface area contributed by atoms with E-state index in [1.165, 1.54) is 25.9 Å².